The minimum absolute atomic E-state index is 0.0125. The lowest BCUT2D eigenvalue weighted by molar-refractivity contribution is 0.193. The van der Waals surface area contributed by atoms with E-state index >= 15 is 0 Å². The number of hydrogen-bond donors (Lipinski definition) is 1. The van der Waals surface area contributed by atoms with Crippen LogP contribution < -0.4 is 10.2 Å². The Morgan fingerprint density at radius 1 is 1.40 bits per heavy atom. The highest BCUT2D eigenvalue weighted by molar-refractivity contribution is 5.54. The number of halogens is 1. The van der Waals surface area contributed by atoms with Crippen molar-refractivity contribution in [1.82, 2.24) is 5.32 Å². The summed E-state index contributed by atoms with van der Waals surface area (Å²) in [7, 11) is 2.06. The van der Waals surface area contributed by atoms with Gasteiger partial charge in [-0.05, 0) is 51.0 Å². The third-order valence-electron chi connectivity index (χ3n) is 3.68. The van der Waals surface area contributed by atoms with E-state index < -0.39 is 0 Å². The standard InChI is InChI=1S/C16H25FN2O/c1-16(2,3)18-10-12-9-13(17)5-6-15(12)19(4)14-7-8-20-11-14/h5-6,9,14,18H,7-8,10-11H2,1-4H3. The molecular weight excluding hydrogens is 255 g/mol. The number of anilines is 1. The quantitative estimate of drug-likeness (QED) is 0.917. The van der Waals surface area contributed by atoms with Crippen molar-refractivity contribution in [2.24, 2.45) is 0 Å². The molecule has 0 amide bonds. The summed E-state index contributed by atoms with van der Waals surface area (Å²) >= 11 is 0. The van der Waals surface area contributed by atoms with Crippen LogP contribution in [0.5, 0.6) is 0 Å². The average molecular weight is 280 g/mol. The van der Waals surface area contributed by atoms with E-state index in [0.29, 0.717) is 12.6 Å². The van der Waals surface area contributed by atoms with Crippen LogP contribution in [0, 0.1) is 5.82 Å². The smallest absolute Gasteiger partial charge is 0.123 e. The van der Waals surface area contributed by atoms with Crippen molar-refractivity contribution < 1.29 is 9.13 Å². The average Bonchev–Trinajstić information content (AvgIpc) is 2.88. The fourth-order valence-corrected chi connectivity index (χ4v) is 2.42. The Labute approximate surface area is 121 Å². The maximum Gasteiger partial charge on any atom is 0.123 e. The van der Waals surface area contributed by atoms with Crippen molar-refractivity contribution in [1.29, 1.82) is 0 Å². The largest absolute Gasteiger partial charge is 0.379 e. The van der Waals surface area contributed by atoms with Gasteiger partial charge in [0.05, 0.1) is 12.6 Å². The Bertz CT molecular complexity index is 450. The lowest BCUT2D eigenvalue weighted by Gasteiger charge is -2.29. The number of hydrogen-bond acceptors (Lipinski definition) is 3. The molecule has 4 heteroatoms. The first kappa shape index (κ1) is 15.3. The minimum Gasteiger partial charge on any atom is -0.379 e. The molecule has 20 heavy (non-hydrogen) atoms. The van der Waals surface area contributed by atoms with Crippen molar-refractivity contribution in [3.63, 3.8) is 0 Å². The zero-order chi connectivity index (χ0) is 14.8. The van der Waals surface area contributed by atoms with Crippen molar-refractivity contribution in [3.8, 4) is 0 Å². The van der Waals surface area contributed by atoms with Gasteiger partial charge in [-0.25, -0.2) is 4.39 Å². The molecule has 1 unspecified atom stereocenters. The molecule has 112 valence electrons. The van der Waals surface area contributed by atoms with Gasteiger partial charge in [0, 0.05) is 31.4 Å². The van der Waals surface area contributed by atoms with Crippen LogP contribution in [0.2, 0.25) is 0 Å². The zero-order valence-corrected chi connectivity index (χ0v) is 12.9. The second-order valence-corrected chi connectivity index (χ2v) is 6.50. The summed E-state index contributed by atoms with van der Waals surface area (Å²) in [6, 6.07) is 5.41. The number of ether oxygens (including phenoxy) is 1. The Hall–Kier alpha value is -1.13. The van der Waals surface area contributed by atoms with Gasteiger partial charge in [0.25, 0.3) is 0 Å². The highest BCUT2D eigenvalue weighted by Gasteiger charge is 2.22. The maximum absolute atomic E-state index is 13.5. The highest BCUT2D eigenvalue weighted by Crippen LogP contribution is 2.25. The fraction of sp³-hybridized carbons (Fsp3) is 0.625. The van der Waals surface area contributed by atoms with Crippen molar-refractivity contribution in [2.75, 3.05) is 25.2 Å². The van der Waals surface area contributed by atoms with Gasteiger partial charge in [0.15, 0.2) is 0 Å². The summed E-state index contributed by atoms with van der Waals surface area (Å²) in [6.07, 6.45) is 1.03. The van der Waals surface area contributed by atoms with E-state index in [-0.39, 0.29) is 11.4 Å². The summed E-state index contributed by atoms with van der Waals surface area (Å²) in [6.45, 7) is 8.56. The van der Waals surface area contributed by atoms with E-state index in [4.69, 9.17) is 4.74 Å². The van der Waals surface area contributed by atoms with E-state index in [1.807, 2.05) is 6.07 Å². The number of benzene rings is 1. The molecule has 1 aromatic rings. The Kier molecular flexibility index (Phi) is 4.66. The molecule has 1 N–H and O–H groups in total. The van der Waals surface area contributed by atoms with E-state index in [0.717, 1.165) is 30.9 Å². The molecule has 2 rings (SSSR count). The van der Waals surface area contributed by atoms with E-state index in [9.17, 15) is 4.39 Å². The topological polar surface area (TPSA) is 24.5 Å². The summed E-state index contributed by atoms with van der Waals surface area (Å²) in [5.74, 6) is -0.185. The third-order valence-corrected chi connectivity index (χ3v) is 3.68. The molecule has 1 aliphatic heterocycles. The first-order valence-corrected chi connectivity index (χ1v) is 7.21. The molecule has 0 radical (unpaired) electrons. The lowest BCUT2D eigenvalue weighted by Crippen LogP contribution is -2.37. The predicted octanol–water partition coefficient (Wildman–Crippen LogP) is 2.94. The van der Waals surface area contributed by atoms with Crippen LogP contribution in [0.1, 0.15) is 32.8 Å². The van der Waals surface area contributed by atoms with Crippen LogP contribution in [0.25, 0.3) is 0 Å². The lowest BCUT2D eigenvalue weighted by atomic mass is 10.1. The molecule has 3 nitrogen and oxygen atoms in total. The van der Waals surface area contributed by atoms with Crippen molar-refractivity contribution in [2.45, 2.75) is 45.3 Å². The number of likely N-dealkylation sites (N-methyl/N-ethyl adjacent to an activating group) is 1. The number of nitrogens with one attached hydrogen (secondary N) is 1. The molecule has 1 aliphatic rings. The Morgan fingerprint density at radius 3 is 2.75 bits per heavy atom. The normalized spacial score (nSPS) is 19.4. The highest BCUT2D eigenvalue weighted by atomic mass is 19.1. The third kappa shape index (κ3) is 3.93. The van der Waals surface area contributed by atoms with Crippen LogP contribution in [0.4, 0.5) is 10.1 Å². The SMILES string of the molecule is CN(c1ccc(F)cc1CNC(C)(C)C)C1CCOC1. The monoisotopic (exact) mass is 280 g/mol. The van der Waals surface area contributed by atoms with E-state index in [1.165, 1.54) is 6.07 Å². The molecule has 1 heterocycles. The molecule has 0 aliphatic carbocycles. The van der Waals surface area contributed by atoms with Gasteiger partial charge >= 0.3 is 0 Å². The Balaban J connectivity index is 2.18. The van der Waals surface area contributed by atoms with Crippen LogP contribution in [-0.4, -0.2) is 31.8 Å². The van der Waals surface area contributed by atoms with Gasteiger partial charge in [-0.1, -0.05) is 0 Å². The second kappa shape index (κ2) is 6.10. The summed E-state index contributed by atoms with van der Waals surface area (Å²) < 4.78 is 19.0. The summed E-state index contributed by atoms with van der Waals surface area (Å²) in [5, 5.41) is 3.43. The maximum atomic E-state index is 13.5. The van der Waals surface area contributed by atoms with E-state index in [1.54, 1.807) is 6.07 Å². The van der Waals surface area contributed by atoms with Gasteiger partial charge in [-0.2, -0.15) is 0 Å². The molecule has 0 saturated carbocycles. The van der Waals surface area contributed by atoms with Gasteiger partial charge in [-0.15, -0.1) is 0 Å². The van der Waals surface area contributed by atoms with E-state index in [2.05, 4.69) is 38.0 Å². The van der Waals surface area contributed by atoms with Crippen molar-refractivity contribution in [3.05, 3.63) is 29.6 Å². The first-order valence-electron chi connectivity index (χ1n) is 7.21. The molecule has 1 fully saturated rings. The molecule has 1 atom stereocenters. The molecular formula is C16H25FN2O. The van der Waals surface area contributed by atoms with Gasteiger partial charge in [-0.3, -0.25) is 0 Å². The van der Waals surface area contributed by atoms with Gasteiger partial charge in [0.2, 0.25) is 0 Å². The summed E-state index contributed by atoms with van der Waals surface area (Å²) in [4.78, 5) is 2.21. The van der Waals surface area contributed by atoms with Crippen molar-refractivity contribution >= 4 is 5.69 Å². The molecule has 0 bridgehead atoms. The van der Waals surface area contributed by atoms with Crippen LogP contribution in [-0.2, 0) is 11.3 Å². The number of nitrogens with zero attached hydrogens (tertiary/aromatic N) is 1. The van der Waals surface area contributed by atoms with Gasteiger partial charge in [0.1, 0.15) is 5.82 Å². The van der Waals surface area contributed by atoms with Gasteiger partial charge < -0.3 is 15.0 Å². The summed E-state index contributed by atoms with van der Waals surface area (Å²) in [5.41, 5.74) is 2.09. The Morgan fingerprint density at radius 2 is 2.15 bits per heavy atom. The second-order valence-electron chi connectivity index (χ2n) is 6.50. The first-order chi connectivity index (χ1) is 9.37. The number of rotatable bonds is 4. The van der Waals surface area contributed by atoms with Crippen LogP contribution in [0.3, 0.4) is 0 Å². The zero-order valence-electron chi connectivity index (χ0n) is 12.9. The molecule has 0 spiro atoms. The molecule has 0 aromatic heterocycles. The van der Waals surface area contributed by atoms with Crippen LogP contribution >= 0.6 is 0 Å². The fourth-order valence-electron chi connectivity index (χ4n) is 2.42. The minimum atomic E-state index is -0.185. The molecule has 1 saturated heterocycles. The predicted molar refractivity (Wildman–Crippen MR) is 80.6 cm³/mol. The van der Waals surface area contributed by atoms with Crippen LogP contribution in [0.15, 0.2) is 18.2 Å². The molecule has 1 aromatic carbocycles.